The Balaban J connectivity index is 2.43. The predicted molar refractivity (Wildman–Crippen MR) is 77.6 cm³/mol. The summed E-state index contributed by atoms with van der Waals surface area (Å²) in [5.74, 6) is 0.788. The standard InChI is InChI=1S/C13H17FN6/c1-4-20(10-7-5-9(14)6-8-10)13-17-11(15)16-12(18-13)19(2)3/h5-8H,4H2,1-3H3,(H2,15,16,17,18). The number of anilines is 4. The topological polar surface area (TPSA) is 71.2 Å². The molecule has 0 spiro atoms. The van der Waals surface area contributed by atoms with E-state index in [0.717, 1.165) is 5.69 Å². The molecule has 0 bridgehead atoms. The van der Waals surface area contributed by atoms with E-state index in [1.54, 1.807) is 17.0 Å². The maximum Gasteiger partial charge on any atom is 0.236 e. The van der Waals surface area contributed by atoms with Crippen LogP contribution in [0.4, 0.5) is 27.9 Å². The molecule has 20 heavy (non-hydrogen) atoms. The predicted octanol–water partition coefficient (Wildman–Crippen LogP) is 1.82. The number of nitrogens with two attached hydrogens (primary N) is 1. The molecule has 2 rings (SSSR count). The van der Waals surface area contributed by atoms with Crippen molar-refractivity contribution in [2.75, 3.05) is 36.2 Å². The van der Waals surface area contributed by atoms with Crippen LogP contribution in [0.1, 0.15) is 6.92 Å². The van der Waals surface area contributed by atoms with Gasteiger partial charge in [0, 0.05) is 26.3 Å². The lowest BCUT2D eigenvalue weighted by molar-refractivity contribution is 0.627. The molecule has 1 aromatic carbocycles. The van der Waals surface area contributed by atoms with E-state index in [-0.39, 0.29) is 11.8 Å². The van der Waals surface area contributed by atoms with Gasteiger partial charge in [0.15, 0.2) is 0 Å². The van der Waals surface area contributed by atoms with Crippen molar-refractivity contribution >= 4 is 23.5 Å². The van der Waals surface area contributed by atoms with Crippen molar-refractivity contribution in [2.24, 2.45) is 0 Å². The average molecular weight is 276 g/mol. The second kappa shape index (κ2) is 5.68. The Bertz CT molecular complexity index is 584. The van der Waals surface area contributed by atoms with Gasteiger partial charge in [-0.25, -0.2) is 4.39 Å². The van der Waals surface area contributed by atoms with Crippen molar-refractivity contribution in [3.05, 3.63) is 30.1 Å². The number of hydrogen-bond donors (Lipinski definition) is 1. The quantitative estimate of drug-likeness (QED) is 0.918. The van der Waals surface area contributed by atoms with Crippen LogP contribution in [-0.2, 0) is 0 Å². The fourth-order valence-corrected chi connectivity index (χ4v) is 1.75. The summed E-state index contributed by atoms with van der Waals surface area (Å²) >= 11 is 0. The Morgan fingerprint density at radius 3 is 2.20 bits per heavy atom. The van der Waals surface area contributed by atoms with Crippen molar-refractivity contribution in [1.29, 1.82) is 0 Å². The minimum Gasteiger partial charge on any atom is -0.368 e. The zero-order valence-electron chi connectivity index (χ0n) is 11.7. The van der Waals surface area contributed by atoms with E-state index in [1.165, 1.54) is 12.1 Å². The molecular weight excluding hydrogens is 259 g/mol. The van der Waals surface area contributed by atoms with Crippen LogP contribution in [-0.4, -0.2) is 35.6 Å². The summed E-state index contributed by atoms with van der Waals surface area (Å²) in [5, 5.41) is 0. The highest BCUT2D eigenvalue weighted by Gasteiger charge is 2.14. The highest BCUT2D eigenvalue weighted by atomic mass is 19.1. The second-order valence-electron chi connectivity index (χ2n) is 4.41. The van der Waals surface area contributed by atoms with Crippen LogP contribution in [0.5, 0.6) is 0 Å². The largest absolute Gasteiger partial charge is 0.368 e. The Hall–Kier alpha value is -2.44. The van der Waals surface area contributed by atoms with E-state index in [1.807, 2.05) is 25.9 Å². The van der Waals surface area contributed by atoms with E-state index in [4.69, 9.17) is 5.73 Å². The van der Waals surface area contributed by atoms with Gasteiger partial charge in [0.2, 0.25) is 17.8 Å². The van der Waals surface area contributed by atoms with Crippen LogP contribution in [0.2, 0.25) is 0 Å². The zero-order valence-corrected chi connectivity index (χ0v) is 11.7. The summed E-state index contributed by atoms with van der Waals surface area (Å²) in [5.41, 5.74) is 6.51. The normalized spacial score (nSPS) is 10.4. The van der Waals surface area contributed by atoms with E-state index in [2.05, 4.69) is 15.0 Å². The van der Waals surface area contributed by atoms with Crippen molar-refractivity contribution in [2.45, 2.75) is 6.92 Å². The molecule has 106 valence electrons. The molecule has 2 aromatic rings. The lowest BCUT2D eigenvalue weighted by Crippen LogP contribution is -2.22. The van der Waals surface area contributed by atoms with Crippen molar-refractivity contribution in [1.82, 2.24) is 15.0 Å². The van der Waals surface area contributed by atoms with Crippen molar-refractivity contribution in [3.8, 4) is 0 Å². The van der Waals surface area contributed by atoms with Gasteiger partial charge in [-0.2, -0.15) is 15.0 Å². The average Bonchev–Trinajstić information content (AvgIpc) is 2.41. The lowest BCUT2D eigenvalue weighted by Gasteiger charge is -2.22. The maximum absolute atomic E-state index is 13.0. The number of hydrogen-bond acceptors (Lipinski definition) is 6. The molecule has 0 radical (unpaired) electrons. The molecule has 0 fully saturated rings. The summed E-state index contributed by atoms with van der Waals surface area (Å²) in [7, 11) is 3.65. The monoisotopic (exact) mass is 276 g/mol. The molecule has 0 aliphatic carbocycles. The number of nitrogens with zero attached hydrogens (tertiary/aromatic N) is 5. The van der Waals surface area contributed by atoms with Crippen molar-refractivity contribution < 1.29 is 4.39 Å². The van der Waals surface area contributed by atoms with Gasteiger partial charge in [-0.3, -0.25) is 0 Å². The lowest BCUT2D eigenvalue weighted by atomic mass is 10.3. The molecule has 7 heteroatoms. The third kappa shape index (κ3) is 2.93. The molecule has 0 aliphatic heterocycles. The van der Waals surface area contributed by atoms with Gasteiger partial charge in [-0.05, 0) is 31.2 Å². The molecule has 0 saturated carbocycles. The van der Waals surface area contributed by atoms with Gasteiger partial charge in [-0.15, -0.1) is 0 Å². The second-order valence-corrected chi connectivity index (χ2v) is 4.41. The van der Waals surface area contributed by atoms with Gasteiger partial charge in [0.05, 0.1) is 0 Å². The molecule has 1 heterocycles. The van der Waals surface area contributed by atoms with Crippen LogP contribution in [0.15, 0.2) is 24.3 Å². The SMILES string of the molecule is CCN(c1ccc(F)cc1)c1nc(N)nc(N(C)C)n1. The molecule has 6 nitrogen and oxygen atoms in total. The summed E-state index contributed by atoms with van der Waals surface area (Å²) in [4.78, 5) is 16.1. The number of halogens is 1. The highest BCUT2D eigenvalue weighted by Crippen LogP contribution is 2.23. The van der Waals surface area contributed by atoms with Gasteiger partial charge in [-0.1, -0.05) is 0 Å². The van der Waals surface area contributed by atoms with E-state index < -0.39 is 0 Å². The first-order valence-corrected chi connectivity index (χ1v) is 6.23. The van der Waals surface area contributed by atoms with E-state index >= 15 is 0 Å². The summed E-state index contributed by atoms with van der Waals surface area (Å²) in [6.45, 7) is 2.58. The number of aromatic nitrogens is 3. The summed E-state index contributed by atoms with van der Waals surface area (Å²) in [6, 6.07) is 6.15. The number of nitrogen functional groups attached to an aromatic ring is 1. The highest BCUT2D eigenvalue weighted by molar-refractivity contribution is 5.58. The zero-order chi connectivity index (χ0) is 14.7. The van der Waals surface area contributed by atoms with Gasteiger partial charge in [0.25, 0.3) is 0 Å². The van der Waals surface area contributed by atoms with Gasteiger partial charge < -0.3 is 15.5 Å². The fraction of sp³-hybridized carbons (Fsp3) is 0.308. The smallest absolute Gasteiger partial charge is 0.236 e. The molecule has 0 amide bonds. The maximum atomic E-state index is 13.0. The minimum absolute atomic E-state index is 0.152. The molecule has 0 atom stereocenters. The molecular formula is C13H17FN6. The van der Waals surface area contributed by atoms with Gasteiger partial charge >= 0.3 is 0 Å². The van der Waals surface area contributed by atoms with Crippen LogP contribution >= 0.6 is 0 Å². The van der Waals surface area contributed by atoms with Crippen LogP contribution in [0, 0.1) is 5.82 Å². The first-order valence-electron chi connectivity index (χ1n) is 6.23. The Morgan fingerprint density at radius 1 is 1.05 bits per heavy atom. The molecule has 0 aliphatic rings. The summed E-state index contributed by atoms with van der Waals surface area (Å²) < 4.78 is 13.0. The van der Waals surface area contributed by atoms with Crippen LogP contribution < -0.4 is 15.5 Å². The first-order chi connectivity index (χ1) is 9.51. The molecule has 1 aromatic heterocycles. The number of rotatable bonds is 4. The minimum atomic E-state index is -0.283. The van der Waals surface area contributed by atoms with Gasteiger partial charge in [0.1, 0.15) is 5.82 Å². The van der Waals surface area contributed by atoms with Crippen LogP contribution in [0.3, 0.4) is 0 Å². The van der Waals surface area contributed by atoms with Crippen LogP contribution in [0.25, 0.3) is 0 Å². The first kappa shape index (κ1) is 14.0. The molecule has 0 saturated heterocycles. The number of benzene rings is 1. The molecule has 0 unspecified atom stereocenters. The summed E-state index contributed by atoms with van der Waals surface area (Å²) in [6.07, 6.45) is 0. The third-order valence-electron chi connectivity index (χ3n) is 2.73. The third-order valence-corrected chi connectivity index (χ3v) is 2.73. The van der Waals surface area contributed by atoms with E-state index in [9.17, 15) is 4.39 Å². The molecule has 2 N–H and O–H groups in total. The Kier molecular flexibility index (Phi) is 3.97. The Labute approximate surface area is 117 Å². The van der Waals surface area contributed by atoms with E-state index in [0.29, 0.717) is 18.4 Å². The fourth-order valence-electron chi connectivity index (χ4n) is 1.75. The van der Waals surface area contributed by atoms with Crippen molar-refractivity contribution in [3.63, 3.8) is 0 Å². The Morgan fingerprint density at radius 2 is 1.65 bits per heavy atom.